The number of carbonyl (C=O) groups excluding carboxylic acids is 2. The van der Waals surface area contributed by atoms with E-state index in [9.17, 15) is 9.59 Å². The van der Waals surface area contributed by atoms with Crippen molar-refractivity contribution in [3.8, 4) is 0 Å². The van der Waals surface area contributed by atoms with Crippen molar-refractivity contribution in [1.82, 2.24) is 9.88 Å². The van der Waals surface area contributed by atoms with E-state index in [1.54, 1.807) is 17.2 Å². The Morgan fingerprint density at radius 1 is 1.22 bits per heavy atom. The highest BCUT2D eigenvalue weighted by Crippen LogP contribution is 2.42. The molecule has 124 valence electrons. The van der Waals surface area contributed by atoms with Crippen LogP contribution >= 0.6 is 0 Å². The number of likely N-dealkylation sites (tertiary alicyclic amines) is 1. The molecular formula is C16H22N4O3. The van der Waals surface area contributed by atoms with E-state index in [-0.39, 0.29) is 17.2 Å². The number of nitrogens with two attached hydrogens (primary N) is 1. The van der Waals surface area contributed by atoms with Gasteiger partial charge in [-0.1, -0.05) is 0 Å². The van der Waals surface area contributed by atoms with Crippen LogP contribution in [0.4, 0.5) is 10.5 Å². The molecular weight excluding hydrogens is 296 g/mol. The standard InChI is InChI=1S/C16H22N4O3/c1-15(2,3)23-14(22)20-9-16(10-20)7-19(8-16)11-4-5-12(13(17)21)18-6-11/h4-6H,7-10H2,1-3H3,(H2,17,21). The minimum Gasteiger partial charge on any atom is -0.444 e. The fourth-order valence-electron chi connectivity index (χ4n) is 3.08. The lowest BCUT2D eigenvalue weighted by Crippen LogP contribution is -2.73. The molecule has 1 aromatic rings. The molecule has 0 bridgehead atoms. The van der Waals surface area contributed by atoms with Crippen LogP contribution in [0.25, 0.3) is 0 Å². The molecule has 0 saturated carbocycles. The molecule has 23 heavy (non-hydrogen) atoms. The highest BCUT2D eigenvalue weighted by Gasteiger charge is 2.54. The third kappa shape index (κ3) is 3.09. The summed E-state index contributed by atoms with van der Waals surface area (Å²) in [5, 5.41) is 0. The third-order valence-corrected chi connectivity index (χ3v) is 4.12. The normalized spacial score (nSPS) is 19.1. The van der Waals surface area contributed by atoms with Gasteiger partial charge in [-0.25, -0.2) is 9.78 Å². The average Bonchev–Trinajstić information content (AvgIpc) is 2.33. The highest BCUT2D eigenvalue weighted by molar-refractivity contribution is 5.90. The molecule has 2 aliphatic heterocycles. The van der Waals surface area contributed by atoms with E-state index in [0.29, 0.717) is 0 Å². The van der Waals surface area contributed by atoms with Crippen LogP contribution in [0.15, 0.2) is 18.3 Å². The van der Waals surface area contributed by atoms with E-state index in [4.69, 9.17) is 10.5 Å². The fraction of sp³-hybridized carbons (Fsp3) is 0.562. The molecule has 7 nitrogen and oxygen atoms in total. The number of aromatic nitrogens is 1. The monoisotopic (exact) mass is 318 g/mol. The van der Waals surface area contributed by atoms with Crippen molar-refractivity contribution in [2.24, 2.45) is 11.1 Å². The van der Waals surface area contributed by atoms with Gasteiger partial charge in [-0.3, -0.25) is 4.79 Å². The van der Waals surface area contributed by atoms with Crippen molar-refractivity contribution in [2.75, 3.05) is 31.1 Å². The first kappa shape index (κ1) is 15.6. The Labute approximate surface area is 135 Å². The summed E-state index contributed by atoms with van der Waals surface area (Å²) in [5.41, 5.74) is 6.13. The van der Waals surface area contributed by atoms with E-state index in [1.807, 2.05) is 26.8 Å². The van der Waals surface area contributed by atoms with Crippen molar-refractivity contribution < 1.29 is 14.3 Å². The van der Waals surface area contributed by atoms with Gasteiger partial charge in [0.15, 0.2) is 0 Å². The van der Waals surface area contributed by atoms with Crippen molar-refractivity contribution in [3.63, 3.8) is 0 Å². The summed E-state index contributed by atoms with van der Waals surface area (Å²) in [5.74, 6) is -0.524. The zero-order valence-corrected chi connectivity index (χ0v) is 13.7. The van der Waals surface area contributed by atoms with Gasteiger partial charge in [0.2, 0.25) is 0 Å². The zero-order chi connectivity index (χ0) is 16.8. The second-order valence-electron chi connectivity index (χ2n) is 7.46. The lowest BCUT2D eigenvalue weighted by atomic mass is 9.73. The molecule has 1 spiro atoms. The Hall–Kier alpha value is -2.31. The third-order valence-electron chi connectivity index (χ3n) is 4.12. The maximum absolute atomic E-state index is 12.0. The smallest absolute Gasteiger partial charge is 0.410 e. The molecule has 0 atom stereocenters. The van der Waals surface area contributed by atoms with Crippen LogP contribution in [-0.2, 0) is 4.74 Å². The Kier molecular flexibility index (Phi) is 3.46. The first-order valence-corrected chi connectivity index (χ1v) is 7.66. The van der Waals surface area contributed by atoms with Gasteiger partial charge >= 0.3 is 6.09 Å². The van der Waals surface area contributed by atoms with Crippen LogP contribution in [0.2, 0.25) is 0 Å². The number of ether oxygens (including phenoxy) is 1. The predicted octanol–water partition coefficient (Wildman–Crippen LogP) is 1.24. The zero-order valence-electron chi connectivity index (χ0n) is 13.7. The molecule has 2 amide bonds. The molecule has 7 heteroatoms. The second kappa shape index (κ2) is 5.11. The summed E-state index contributed by atoms with van der Waals surface area (Å²) in [6, 6.07) is 3.49. The molecule has 2 saturated heterocycles. The summed E-state index contributed by atoms with van der Waals surface area (Å²) in [6.45, 7) is 8.82. The lowest BCUT2D eigenvalue weighted by molar-refractivity contribution is -0.0453. The SMILES string of the molecule is CC(C)(C)OC(=O)N1CC2(C1)CN(c1ccc(C(N)=O)nc1)C2. The molecule has 3 heterocycles. The summed E-state index contributed by atoms with van der Waals surface area (Å²) in [6.07, 6.45) is 1.42. The van der Waals surface area contributed by atoms with Gasteiger partial charge in [0, 0.05) is 31.6 Å². The topological polar surface area (TPSA) is 88.8 Å². The van der Waals surface area contributed by atoms with Crippen LogP contribution in [0.3, 0.4) is 0 Å². The molecule has 2 fully saturated rings. The molecule has 0 aromatic carbocycles. The molecule has 0 aliphatic carbocycles. The van der Waals surface area contributed by atoms with Gasteiger partial charge < -0.3 is 20.3 Å². The van der Waals surface area contributed by atoms with E-state index in [1.165, 1.54) is 0 Å². The summed E-state index contributed by atoms with van der Waals surface area (Å²) in [7, 11) is 0. The molecule has 0 unspecified atom stereocenters. The number of rotatable bonds is 2. The van der Waals surface area contributed by atoms with Gasteiger partial charge in [-0.2, -0.15) is 0 Å². The Balaban J connectivity index is 1.50. The molecule has 3 rings (SSSR count). The highest BCUT2D eigenvalue weighted by atomic mass is 16.6. The van der Waals surface area contributed by atoms with Crippen molar-refractivity contribution >= 4 is 17.7 Å². The van der Waals surface area contributed by atoms with Crippen LogP contribution in [0.5, 0.6) is 0 Å². The quantitative estimate of drug-likeness (QED) is 0.886. The Morgan fingerprint density at radius 2 is 1.87 bits per heavy atom. The Morgan fingerprint density at radius 3 is 2.35 bits per heavy atom. The summed E-state index contributed by atoms with van der Waals surface area (Å²) >= 11 is 0. The van der Waals surface area contributed by atoms with E-state index in [2.05, 4.69) is 9.88 Å². The summed E-state index contributed by atoms with van der Waals surface area (Å²) in [4.78, 5) is 31.0. The number of primary amides is 1. The maximum atomic E-state index is 12.0. The van der Waals surface area contributed by atoms with Crippen LogP contribution < -0.4 is 10.6 Å². The number of nitrogens with zero attached hydrogens (tertiary/aromatic N) is 3. The van der Waals surface area contributed by atoms with Gasteiger partial charge in [0.1, 0.15) is 11.3 Å². The lowest BCUT2D eigenvalue weighted by Gasteiger charge is -2.60. The van der Waals surface area contributed by atoms with Gasteiger partial charge in [0.05, 0.1) is 11.9 Å². The molecule has 2 N–H and O–H groups in total. The minimum atomic E-state index is -0.524. The largest absolute Gasteiger partial charge is 0.444 e. The van der Waals surface area contributed by atoms with Crippen molar-refractivity contribution in [1.29, 1.82) is 0 Å². The van der Waals surface area contributed by atoms with Crippen LogP contribution in [0, 0.1) is 5.41 Å². The molecule has 0 radical (unpaired) electrons. The first-order chi connectivity index (χ1) is 10.7. The number of hydrogen-bond donors (Lipinski definition) is 1. The number of anilines is 1. The minimum absolute atomic E-state index is 0.166. The van der Waals surface area contributed by atoms with E-state index < -0.39 is 11.5 Å². The van der Waals surface area contributed by atoms with Gasteiger partial charge in [0.25, 0.3) is 5.91 Å². The second-order valence-corrected chi connectivity index (χ2v) is 7.46. The first-order valence-electron chi connectivity index (χ1n) is 7.66. The van der Waals surface area contributed by atoms with E-state index in [0.717, 1.165) is 31.9 Å². The number of hydrogen-bond acceptors (Lipinski definition) is 5. The van der Waals surface area contributed by atoms with Gasteiger partial charge in [-0.05, 0) is 32.9 Å². The predicted molar refractivity (Wildman–Crippen MR) is 85.2 cm³/mol. The molecule has 2 aliphatic rings. The van der Waals surface area contributed by atoms with Gasteiger partial charge in [-0.15, -0.1) is 0 Å². The summed E-state index contributed by atoms with van der Waals surface area (Å²) < 4.78 is 5.37. The maximum Gasteiger partial charge on any atom is 0.410 e. The molecule has 1 aromatic heterocycles. The number of carbonyl (C=O) groups is 2. The average molecular weight is 318 g/mol. The Bertz CT molecular complexity index is 622. The van der Waals surface area contributed by atoms with Crippen LogP contribution in [0.1, 0.15) is 31.3 Å². The van der Waals surface area contributed by atoms with Crippen molar-refractivity contribution in [2.45, 2.75) is 26.4 Å². The van der Waals surface area contributed by atoms with Crippen molar-refractivity contribution in [3.05, 3.63) is 24.0 Å². The fourth-order valence-corrected chi connectivity index (χ4v) is 3.08. The van der Waals surface area contributed by atoms with Crippen LogP contribution in [-0.4, -0.2) is 53.7 Å². The van der Waals surface area contributed by atoms with E-state index >= 15 is 0 Å². The number of pyridine rings is 1. The number of amides is 2.